The average molecular weight is 568 g/mol. The van der Waals surface area contributed by atoms with E-state index in [1.54, 1.807) is 30.3 Å². The van der Waals surface area contributed by atoms with Gasteiger partial charge in [0.05, 0.1) is 22.6 Å². The first-order chi connectivity index (χ1) is 18.6. The van der Waals surface area contributed by atoms with Crippen molar-refractivity contribution in [1.29, 1.82) is 0 Å². The number of carbonyl (C=O) groups is 1. The van der Waals surface area contributed by atoms with Crippen molar-refractivity contribution in [1.82, 2.24) is 9.97 Å². The fraction of sp³-hybridized carbons (Fsp3) is 0.115. The summed E-state index contributed by atoms with van der Waals surface area (Å²) in [5.74, 6) is -0.214. The van der Waals surface area contributed by atoms with Gasteiger partial charge in [0.2, 0.25) is 11.9 Å². The number of methoxy groups -OCH3 is 1. The Morgan fingerprint density at radius 1 is 0.846 bits per heavy atom. The van der Waals surface area contributed by atoms with Crippen molar-refractivity contribution in [3.8, 4) is 5.75 Å². The Morgan fingerprint density at radius 2 is 1.44 bits per heavy atom. The number of nitrogens with one attached hydrogen (secondary N) is 2. The lowest BCUT2D eigenvalue weighted by Gasteiger charge is -2.24. The van der Waals surface area contributed by atoms with E-state index in [2.05, 4.69) is 20.0 Å². The molecule has 202 valence electrons. The van der Waals surface area contributed by atoms with Gasteiger partial charge in [0.25, 0.3) is 20.0 Å². The van der Waals surface area contributed by atoms with Crippen molar-refractivity contribution >= 4 is 43.3 Å². The van der Waals surface area contributed by atoms with Gasteiger partial charge in [0, 0.05) is 18.1 Å². The molecule has 2 N–H and O–H groups in total. The fourth-order valence-corrected chi connectivity index (χ4v) is 5.86. The second-order valence-corrected chi connectivity index (χ2v) is 11.8. The van der Waals surface area contributed by atoms with Crippen LogP contribution in [0.25, 0.3) is 0 Å². The number of rotatable bonds is 10. The van der Waals surface area contributed by atoms with Gasteiger partial charge in [-0.1, -0.05) is 17.7 Å². The number of anilines is 3. The summed E-state index contributed by atoms with van der Waals surface area (Å²) in [6.07, 6.45) is 2.80. The van der Waals surface area contributed by atoms with Crippen LogP contribution in [0.4, 0.5) is 17.3 Å². The molecule has 4 aromatic rings. The highest BCUT2D eigenvalue weighted by Crippen LogP contribution is 2.26. The Hall–Kier alpha value is -4.49. The van der Waals surface area contributed by atoms with E-state index in [4.69, 9.17) is 4.74 Å². The molecule has 0 fully saturated rings. The Bertz CT molecular complexity index is 1650. The molecule has 0 saturated heterocycles. The summed E-state index contributed by atoms with van der Waals surface area (Å²) in [5, 5.41) is 2.62. The fourth-order valence-electron chi connectivity index (χ4n) is 3.48. The van der Waals surface area contributed by atoms with Crippen LogP contribution in [-0.4, -0.2) is 46.4 Å². The lowest BCUT2D eigenvalue weighted by atomic mass is 10.2. The average Bonchev–Trinajstić information content (AvgIpc) is 2.93. The lowest BCUT2D eigenvalue weighted by molar-refractivity contribution is -0.114. The van der Waals surface area contributed by atoms with Crippen LogP contribution >= 0.6 is 0 Å². The van der Waals surface area contributed by atoms with Crippen LogP contribution in [0.1, 0.15) is 5.56 Å². The normalized spacial score (nSPS) is 11.4. The predicted molar refractivity (Wildman–Crippen MR) is 147 cm³/mol. The van der Waals surface area contributed by atoms with Crippen molar-refractivity contribution in [3.63, 3.8) is 0 Å². The van der Waals surface area contributed by atoms with Crippen molar-refractivity contribution in [2.75, 3.05) is 28.0 Å². The number of aromatic nitrogens is 2. The van der Waals surface area contributed by atoms with E-state index in [9.17, 15) is 21.6 Å². The van der Waals surface area contributed by atoms with Gasteiger partial charge in [-0.25, -0.2) is 31.5 Å². The number of sulfonamides is 2. The first kappa shape index (κ1) is 27.5. The summed E-state index contributed by atoms with van der Waals surface area (Å²) < 4.78 is 60.6. The third-order valence-corrected chi connectivity index (χ3v) is 8.63. The van der Waals surface area contributed by atoms with Gasteiger partial charge < -0.3 is 10.1 Å². The highest BCUT2D eigenvalue weighted by molar-refractivity contribution is 7.93. The van der Waals surface area contributed by atoms with Crippen LogP contribution in [0.2, 0.25) is 0 Å². The van der Waals surface area contributed by atoms with Gasteiger partial charge in [0.15, 0.2) is 0 Å². The molecule has 0 radical (unpaired) electrons. The van der Waals surface area contributed by atoms with Crippen LogP contribution in [-0.2, 0) is 24.8 Å². The standard InChI is InChI=1S/C26H25N5O6S2/c1-19-4-8-21(9-5-19)31(39(35,36)24-14-10-22(37-2)11-15-24)18-25(32)29-20-6-12-23(13-7-20)38(33,34)30-26-27-16-3-17-28-26/h3-17H,18H2,1-2H3,(H,29,32)(H,27,28,30). The summed E-state index contributed by atoms with van der Waals surface area (Å²) in [7, 11) is -6.60. The zero-order chi connectivity index (χ0) is 28.0. The van der Waals surface area contributed by atoms with Gasteiger partial charge >= 0.3 is 0 Å². The van der Waals surface area contributed by atoms with E-state index in [-0.39, 0.29) is 21.4 Å². The highest BCUT2D eigenvalue weighted by Gasteiger charge is 2.27. The van der Waals surface area contributed by atoms with Crippen molar-refractivity contribution < 1.29 is 26.4 Å². The molecule has 4 rings (SSSR count). The van der Waals surface area contributed by atoms with E-state index in [0.717, 1.165) is 9.87 Å². The third kappa shape index (κ3) is 6.69. The Labute approximate surface area is 226 Å². The second-order valence-electron chi connectivity index (χ2n) is 8.27. The molecule has 3 aromatic carbocycles. The number of hydrogen-bond donors (Lipinski definition) is 2. The SMILES string of the molecule is COc1ccc(S(=O)(=O)N(CC(=O)Nc2ccc(S(=O)(=O)Nc3ncccn3)cc2)c2ccc(C)cc2)cc1. The molecule has 1 aromatic heterocycles. The zero-order valence-corrected chi connectivity index (χ0v) is 22.6. The molecule has 1 amide bonds. The smallest absolute Gasteiger partial charge is 0.264 e. The largest absolute Gasteiger partial charge is 0.497 e. The zero-order valence-electron chi connectivity index (χ0n) is 21.0. The van der Waals surface area contributed by atoms with E-state index in [1.807, 2.05) is 6.92 Å². The minimum absolute atomic E-state index is 0.0128. The van der Waals surface area contributed by atoms with E-state index >= 15 is 0 Å². The van der Waals surface area contributed by atoms with Gasteiger partial charge in [-0.05, 0) is 73.7 Å². The van der Waals surface area contributed by atoms with Crippen LogP contribution in [0.15, 0.2) is 101 Å². The van der Waals surface area contributed by atoms with Gasteiger partial charge in [-0.3, -0.25) is 9.10 Å². The van der Waals surface area contributed by atoms with E-state index in [0.29, 0.717) is 11.4 Å². The molecule has 0 bridgehead atoms. The van der Waals surface area contributed by atoms with Crippen LogP contribution in [0.5, 0.6) is 5.75 Å². The van der Waals surface area contributed by atoms with Crippen LogP contribution in [0.3, 0.4) is 0 Å². The van der Waals surface area contributed by atoms with Crippen LogP contribution < -0.4 is 19.1 Å². The van der Waals surface area contributed by atoms with E-state index < -0.39 is 32.5 Å². The van der Waals surface area contributed by atoms with Crippen molar-refractivity contribution in [2.24, 2.45) is 0 Å². The van der Waals surface area contributed by atoms with Gasteiger partial charge in [-0.2, -0.15) is 0 Å². The Balaban J connectivity index is 1.53. The number of amides is 1. The first-order valence-electron chi connectivity index (χ1n) is 11.5. The van der Waals surface area contributed by atoms with Crippen LogP contribution in [0, 0.1) is 6.92 Å². The molecule has 0 aliphatic heterocycles. The minimum atomic E-state index is -4.12. The number of hydrogen-bond acceptors (Lipinski definition) is 8. The first-order valence-corrected chi connectivity index (χ1v) is 14.4. The van der Waals surface area contributed by atoms with Crippen molar-refractivity contribution in [2.45, 2.75) is 16.7 Å². The molecule has 39 heavy (non-hydrogen) atoms. The van der Waals surface area contributed by atoms with Gasteiger partial charge in [-0.15, -0.1) is 0 Å². The maximum absolute atomic E-state index is 13.5. The van der Waals surface area contributed by atoms with E-state index in [1.165, 1.54) is 68.0 Å². The molecule has 0 aliphatic carbocycles. The molecule has 0 unspecified atom stereocenters. The summed E-state index contributed by atoms with van der Waals surface area (Å²) in [4.78, 5) is 20.6. The molecular formula is C26H25N5O6S2. The number of carbonyl (C=O) groups excluding carboxylic acids is 1. The summed E-state index contributed by atoms with van der Waals surface area (Å²) >= 11 is 0. The lowest BCUT2D eigenvalue weighted by Crippen LogP contribution is -2.38. The highest BCUT2D eigenvalue weighted by atomic mass is 32.2. The second kappa shape index (κ2) is 11.5. The number of aryl methyl sites for hydroxylation is 1. The third-order valence-electron chi connectivity index (χ3n) is 5.50. The quantitative estimate of drug-likeness (QED) is 0.296. The molecule has 0 atom stereocenters. The number of benzene rings is 3. The predicted octanol–water partition coefficient (Wildman–Crippen LogP) is 3.43. The molecule has 11 nitrogen and oxygen atoms in total. The summed E-state index contributed by atoms with van der Waals surface area (Å²) in [6, 6.07) is 19.5. The molecule has 0 saturated carbocycles. The number of nitrogens with zero attached hydrogens (tertiary/aromatic N) is 3. The Morgan fingerprint density at radius 3 is 2.03 bits per heavy atom. The molecule has 1 heterocycles. The monoisotopic (exact) mass is 567 g/mol. The number of ether oxygens (including phenoxy) is 1. The maximum atomic E-state index is 13.5. The summed E-state index contributed by atoms with van der Waals surface area (Å²) in [5.41, 5.74) is 1.51. The minimum Gasteiger partial charge on any atom is -0.497 e. The van der Waals surface area contributed by atoms with Crippen molar-refractivity contribution in [3.05, 3.63) is 96.8 Å². The molecule has 13 heteroatoms. The van der Waals surface area contributed by atoms with Gasteiger partial charge in [0.1, 0.15) is 12.3 Å². The maximum Gasteiger partial charge on any atom is 0.264 e. The topological polar surface area (TPSA) is 148 Å². The Kier molecular flexibility index (Phi) is 8.12. The molecule has 0 spiro atoms. The summed E-state index contributed by atoms with van der Waals surface area (Å²) in [6.45, 7) is 1.34. The molecule has 0 aliphatic rings. The molecular weight excluding hydrogens is 542 g/mol.